The van der Waals surface area contributed by atoms with Gasteiger partial charge in [0.2, 0.25) is 0 Å². The van der Waals surface area contributed by atoms with Crippen LogP contribution in [0.25, 0.3) is 0 Å². The molecule has 1 aromatic carbocycles. The molecule has 128 valence electrons. The lowest BCUT2D eigenvalue weighted by atomic mass is 9.85. The van der Waals surface area contributed by atoms with Gasteiger partial charge in [0.05, 0.1) is 11.4 Å². The predicted octanol–water partition coefficient (Wildman–Crippen LogP) is 2.22. The number of anilines is 2. The highest BCUT2D eigenvalue weighted by Crippen LogP contribution is 2.36. The molecule has 1 atom stereocenters. The number of pyridine rings is 1. The van der Waals surface area contributed by atoms with E-state index in [1.807, 2.05) is 6.26 Å². The van der Waals surface area contributed by atoms with Crippen LogP contribution in [0, 0.1) is 5.82 Å². The lowest BCUT2D eigenvalue weighted by Crippen LogP contribution is -2.56. The zero-order valence-electron chi connectivity index (χ0n) is 13.1. The Balaban J connectivity index is 2.62. The standard InChI is InChI=1S/C16H19FN4O2S/c1-24-9-6-16(15(22)23,11-2-3-13(17)14(18)10-11)21(19)12-4-7-20-8-5-12/h2-5,7-8,10H,6,9,18-19H2,1H3,(H,22,23)/t16-/m0/s1. The minimum absolute atomic E-state index is 0.120. The van der Waals surface area contributed by atoms with Gasteiger partial charge in [0.1, 0.15) is 5.82 Å². The number of aromatic nitrogens is 1. The van der Waals surface area contributed by atoms with E-state index in [-0.39, 0.29) is 12.1 Å². The van der Waals surface area contributed by atoms with Gasteiger partial charge in [-0.2, -0.15) is 11.8 Å². The Hall–Kier alpha value is -2.32. The monoisotopic (exact) mass is 350 g/mol. The van der Waals surface area contributed by atoms with Crippen molar-refractivity contribution in [2.45, 2.75) is 12.0 Å². The van der Waals surface area contributed by atoms with Crippen molar-refractivity contribution in [3.8, 4) is 0 Å². The molecule has 8 heteroatoms. The predicted molar refractivity (Wildman–Crippen MR) is 94.0 cm³/mol. The van der Waals surface area contributed by atoms with Gasteiger partial charge in [0.15, 0.2) is 5.54 Å². The Morgan fingerprint density at radius 3 is 2.58 bits per heavy atom. The maximum atomic E-state index is 13.5. The van der Waals surface area contributed by atoms with Crippen LogP contribution in [-0.4, -0.2) is 28.1 Å². The number of aliphatic carboxylic acids is 1. The van der Waals surface area contributed by atoms with Gasteiger partial charge in [-0.25, -0.2) is 15.0 Å². The lowest BCUT2D eigenvalue weighted by molar-refractivity contribution is -0.144. The van der Waals surface area contributed by atoms with Crippen molar-refractivity contribution in [2.24, 2.45) is 5.84 Å². The third kappa shape index (κ3) is 3.29. The first kappa shape index (κ1) is 18.0. The summed E-state index contributed by atoms with van der Waals surface area (Å²) >= 11 is 1.50. The summed E-state index contributed by atoms with van der Waals surface area (Å²) in [6, 6.07) is 7.11. The van der Waals surface area contributed by atoms with Gasteiger partial charge in [-0.05, 0) is 48.3 Å². The number of nitrogen functional groups attached to an aromatic ring is 1. The molecule has 0 spiro atoms. The van der Waals surface area contributed by atoms with Gasteiger partial charge in [-0.15, -0.1) is 0 Å². The van der Waals surface area contributed by atoms with Crippen LogP contribution in [0.3, 0.4) is 0 Å². The summed E-state index contributed by atoms with van der Waals surface area (Å²) in [5.41, 5.74) is 4.75. The quantitative estimate of drug-likeness (QED) is 0.399. The summed E-state index contributed by atoms with van der Waals surface area (Å²) in [6.07, 6.45) is 5.14. The second-order valence-corrected chi connectivity index (χ2v) is 6.21. The fraction of sp³-hybridized carbons (Fsp3) is 0.250. The summed E-state index contributed by atoms with van der Waals surface area (Å²) in [4.78, 5) is 16.2. The lowest BCUT2D eigenvalue weighted by Gasteiger charge is -2.39. The minimum Gasteiger partial charge on any atom is -0.479 e. The van der Waals surface area contributed by atoms with E-state index in [2.05, 4.69) is 4.98 Å². The average Bonchev–Trinajstić information content (AvgIpc) is 2.58. The summed E-state index contributed by atoms with van der Waals surface area (Å²) < 4.78 is 13.5. The van der Waals surface area contributed by atoms with Crippen molar-refractivity contribution >= 4 is 29.1 Å². The molecule has 6 nitrogen and oxygen atoms in total. The Morgan fingerprint density at radius 1 is 1.38 bits per heavy atom. The van der Waals surface area contributed by atoms with Crippen LogP contribution in [0.15, 0.2) is 42.7 Å². The normalized spacial score (nSPS) is 13.3. The topological polar surface area (TPSA) is 105 Å². The number of benzene rings is 1. The van der Waals surface area contributed by atoms with E-state index in [4.69, 9.17) is 11.6 Å². The van der Waals surface area contributed by atoms with Crippen molar-refractivity contribution in [3.05, 3.63) is 54.1 Å². The fourth-order valence-corrected chi connectivity index (χ4v) is 3.01. The molecule has 5 N–H and O–H groups in total. The van der Waals surface area contributed by atoms with E-state index in [1.54, 1.807) is 12.1 Å². The van der Waals surface area contributed by atoms with Crippen LogP contribution in [0.4, 0.5) is 15.8 Å². The first-order valence-electron chi connectivity index (χ1n) is 7.16. The number of carbonyl (C=O) groups is 1. The molecule has 0 fully saturated rings. The molecule has 1 aromatic heterocycles. The Bertz CT molecular complexity index is 716. The molecule has 0 radical (unpaired) electrons. The smallest absolute Gasteiger partial charge is 0.335 e. The highest BCUT2D eigenvalue weighted by atomic mass is 32.2. The summed E-state index contributed by atoms with van der Waals surface area (Å²) in [6.45, 7) is 0. The van der Waals surface area contributed by atoms with Gasteiger partial charge >= 0.3 is 5.97 Å². The number of hydrogen-bond acceptors (Lipinski definition) is 6. The van der Waals surface area contributed by atoms with Crippen molar-refractivity contribution < 1.29 is 14.3 Å². The maximum Gasteiger partial charge on any atom is 0.335 e. The van der Waals surface area contributed by atoms with Crippen molar-refractivity contribution in [2.75, 3.05) is 22.8 Å². The number of nitrogens with zero attached hydrogens (tertiary/aromatic N) is 2. The maximum absolute atomic E-state index is 13.5. The second kappa shape index (κ2) is 7.50. The Labute approximate surface area is 143 Å². The van der Waals surface area contributed by atoms with Crippen LogP contribution in [0.2, 0.25) is 0 Å². The van der Waals surface area contributed by atoms with Gasteiger partial charge < -0.3 is 10.8 Å². The highest BCUT2D eigenvalue weighted by Gasteiger charge is 2.45. The molecule has 24 heavy (non-hydrogen) atoms. The van der Waals surface area contributed by atoms with E-state index >= 15 is 0 Å². The fourth-order valence-electron chi connectivity index (χ4n) is 2.51. The second-order valence-electron chi connectivity index (χ2n) is 5.22. The zero-order chi connectivity index (χ0) is 17.7. The van der Waals surface area contributed by atoms with Crippen molar-refractivity contribution in [1.82, 2.24) is 4.98 Å². The molecule has 2 rings (SSSR count). The Kier molecular flexibility index (Phi) is 5.63. The van der Waals surface area contributed by atoms with Gasteiger partial charge in [0, 0.05) is 12.4 Å². The van der Waals surface area contributed by atoms with E-state index in [9.17, 15) is 14.3 Å². The molecule has 0 aliphatic carbocycles. The molecule has 0 aliphatic heterocycles. The van der Waals surface area contributed by atoms with Crippen LogP contribution >= 0.6 is 11.8 Å². The number of rotatable bonds is 7. The van der Waals surface area contributed by atoms with E-state index in [0.717, 1.165) is 6.07 Å². The van der Waals surface area contributed by atoms with E-state index < -0.39 is 17.3 Å². The molecular weight excluding hydrogens is 331 g/mol. The van der Waals surface area contributed by atoms with Crippen LogP contribution in [-0.2, 0) is 10.3 Å². The third-order valence-electron chi connectivity index (χ3n) is 3.85. The van der Waals surface area contributed by atoms with E-state index in [0.29, 0.717) is 17.0 Å². The first-order valence-corrected chi connectivity index (χ1v) is 8.55. The molecule has 0 saturated carbocycles. The number of thioether (sulfide) groups is 1. The molecule has 1 heterocycles. The number of carboxylic acids is 1. The molecule has 0 saturated heterocycles. The average molecular weight is 350 g/mol. The van der Waals surface area contributed by atoms with Crippen LogP contribution in [0.1, 0.15) is 12.0 Å². The van der Waals surface area contributed by atoms with Crippen LogP contribution in [0.5, 0.6) is 0 Å². The largest absolute Gasteiger partial charge is 0.479 e. The molecule has 0 aliphatic rings. The SMILES string of the molecule is CSCC[C@@](C(=O)O)(c1ccc(F)c(N)c1)N(N)c1ccncc1. The Morgan fingerprint density at radius 2 is 2.04 bits per heavy atom. The van der Waals surface area contributed by atoms with Gasteiger partial charge in [-0.3, -0.25) is 9.99 Å². The highest BCUT2D eigenvalue weighted by molar-refractivity contribution is 7.98. The number of hydrogen-bond donors (Lipinski definition) is 3. The summed E-state index contributed by atoms with van der Waals surface area (Å²) in [5, 5.41) is 11.2. The molecule has 2 aromatic rings. The van der Waals surface area contributed by atoms with Gasteiger partial charge in [0.25, 0.3) is 0 Å². The first-order chi connectivity index (χ1) is 11.4. The number of halogens is 1. The summed E-state index contributed by atoms with van der Waals surface area (Å²) in [5.74, 6) is 5.02. The molecule has 0 amide bonds. The zero-order valence-corrected chi connectivity index (χ0v) is 14.0. The van der Waals surface area contributed by atoms with E-state index in [1.165, 1.54) is 41.3 Å². The molecule has 0 unspecified atom stereocenters. The van der Waals surface area contributed by atoms with Crippen LogP contribution < -0.4 is 16.6 Å². The third-order valence-corrected chi connectivity index (χ3v) is 4.46. The van der Waals surface area contributed by atoms with Crippen molar-refractivity contribution in [3.63, 3.8) is 0 Å². The van der Waals surface area contributed by atoms with Crippen molar-refractivity contribution in [1.29, 1.82) is 0 Å². The number of carboxylic acid groups (broad SMARTS) is 1. The molecule has 0 bridgehead atoms. The number of nitrogens with two attached hydrogens (primary N) is 2. The molecular formula is C16H19FN4O2S. The summed E-state index contributed by atoms with van der Waals surface area (Å²) in [7, 11) is 0. The number of hydrazine groups is 1. The van der Waals surface area contributed by atoms with Gasteiger partial charge in [-0.1, -0.05) is 6.07 Å². The minimum atomic E-state index is -1.58.